The van der Waals surface area contributed by atoms with Crippen molar-refractivity contribution in [1.82, 2.24) is 19.7 Å². The average Bonchev–Trinajstić information content (AvgIpc) is 2.83. The molecule has 0 fully saturated rings. The second kappa shape index (κ2) is 5.16. The molecule has 0 saturated carbocycles. The molecular formula is C16H19N5. The molecule has 5 heteroatoms. The zero-order valence-electron chi connectivity index (χ0n) is 12.8. The van der Waals surface area contributed by atoms with Gasteiger partial charge in [0.15, 0.2) is 5.65 Å². The van der Waals surface area contributed by atoms with Crippen molar-refractivity contribution in [3.63, 3.8) is 0 Å². The van der Waals surface area contributed by atoms with E-state index in [1.54, 1.807) is 6.33 Å². The maximum absolute atomic E-state index is 4.53. The number of hydrogen-bond donors (Lipinski definition) is 1. The third-order valence-corrected chi connectivity index (χ3v) is 3.56. The van der Waals surface area contributed by atoms with Gasteiger partial charge in [-0.1, -0.05) is 17.7 Å². The Balaban J connectivity index is 2.25. The van der Waals surface area contributed by atoms with Crippen LogP contribution in [0.1, 0.15) is 23.6 Å². The topological polar surface area (TPSA) is 55.6 Å². The quantitative estimate of drug-likeness (QED) is 0.801. The monoisotopic (exact) mass is 281 g/mol. The van der Waals surface area contributed by atoms with Gasteiger partial charge in [0.05, 0.1) is 17.3 Å². The molecule has 0 spiro atoms. The number of aromatic nitrogens is 4. The van der Waals surface area contributed by atoms with Crippen molar-refractivity contribution < 1.29 is 0 Å². The third-order valence-electron chi connectivity index (χ3n) is 3.56. The number of nitrogens with zero attached hydrogens (tertiary/aromatic N) is 4. The lowest BCUT2D eigenvalue weighted by Gasteiger charge is -2.12. The van der Waals surface area contributed by atoms with Gasteiger partial charge in [-0.15, -0.1) is 0 Å². The summed E-state index contributed by atoms with van der Waals surface area (Å²) >= 11 is 0. The average molecular weight is 281 g/mol. The summed E-state index contributed by atoms with van der Waals surface area (Å²) in [6, 6.07) is 4.34. The molecule has 0 radical (unpaired) electrons. The van der Waals surface area contributed by atoms with Gasteiger partial charge in [-0.2, -0.15) is 5.10 Å². The molecule has 2 aromatic heterocycles. The van der Waals surface area contributed by atoms with Gasteiger partial charge in [0.2, 0.25) is 0 Å². The standard InChI is InChI=1S/C16H19N5/c1-5-17-15-13-8-20-21(16(13)19-9-18-15)14-11(3)6-10(2)7-12(14)4/h6-9H,5H2,1-4H3,(H,17,18,19). The van der Waals surface area contributed by atoms with Crippen molar-refractivity contribution in [2.45, 2.75) is 27.7 Å². The van der Waals surface area contributed by atoms with Crippen molar-refractivity contribution in [2.75, 3.05) is 11.9 Å². The summed E-state index contributed by atoms with van der Waals surface area (Å²) in [6.45, 7) is 9.19. The minimum Gasteiger partial charge on any atom is -0.370 e. The molecule has 0 unspecified atom stereocenters. The zero-order valence-corrected chi connectivity index (χ0v) is 12.8. The lowest BCUT2D eigenvalue weighted by Crippen LogP contribution is -2.04. The Morgan fingerprint density at radius 1 is 1.10 bits per heavy atom. The summed E-state index contributed by atoms with van der Waals surface area (Å²) in [5.74, 6) is 0.830. The van der Waals surface area contributed by atoms with E-state index in [4.69, 9.17) is 0 Å². The summed E-state index contributed by atoms with van der Waals surface area (Å²) < 4.78 is 1.90. The highest BCUT2D eigenvalue weighted by Gasteiger charge is 2.14. The van der Waals surface area contributed by atoms with E-state index in [9.17, 15) is 0 Å². The van der Waals surface area contributed by atoms with Gasteiger partial charge >= 0.3 is 0 Å². The maximum Gasteiger partial charge on any atom is 0.168 e. The van der Waals surface area contributed by atoms with Gasteiger partial charge in [-0.05, 0) is 38.8 Å². The Hall–Kier alpha value is -2.43. The van der Waals surface area contributed by atoms with E-state index in [1.165, 1.54) is 16.7 Å². The minimum absolute atomic E-state index is 0.819. The molecule has 0 saturated heterocycles. The molecule has 21 heavy (non-hydrogen) atoms. The molecule has 0 aliphatic rings. The Labute approximate surface area is 124 Å². The SMILES string of the molecule is CCNc1ncnc2c1cnn2-c1c(C)cc(C)cc1C. The highest BCUT2D eigenvalue weighted by atomic mass is 15.3. The number of benzene rings is 1. The van der Waals surface area contributed by atoms with Crippen LogP contribution in [0, 0.1) is 20.8 Å². The number of aryl methyl sites for hydroxylation is 3. The lowest BCUT2D eigenvalue weighted by molar-refractivity contribution is 0.878. The highest BCUT2D eigenvalue weighted by molar-refractivity contribution is 5.87. The van der Waals surface area contributed by atoms with E-state index in [-0.39, 0.29) is 0 Å². The number of hydrogen-bond acceptors (Lipinski definition) is 4. The van der Waals surface area contributed by atoms with Crippen LogP contribution in [-0.4, -0.2) is 26.3 Å². The van der Waals surface area contributed by atoms with Crippen LogP contribution < -0.4 is 5.32 Å². The summed E-state index contributed by atoms with van der Waals surface area (Å²) in [5, 5.41) is 8.73. The molecule has 0 bridgehead atoms. The van der Waals surface area contributed by atoms with Gasteiger partial charge < -0.3 is 5.32 Å². The van der Waals surface area contributed by atoms with Gasteiger partial charge in [0.1, 0.15) is 12.1 Å². The highest BCUT2D eigenvalue weighted by Crippen LogP contribution is 2.26. The predicted molar refractivity (Wildman–Crippen MR) is 85.0 cm³/mol. The number of fused-ring (bicyclic) bond motifs is 1. The fraction of sp³-hybridized carbons (Fsp3) is 0.312. The van der Waals surface area contributed by atoms with E-state index in [1.807, 2.05) is 17.8 Å². The number of rotatable bonds is 3. The van der Waals surface area contributed by atoms with Crippen molar-refractivity contribution in [3.05, 3.63) is 41.3 Å². The molecule has 0 atom stereocenters. The fourth-order valence-corrected chi connectivity index (χ4v) is 2.82. The molecule has 5 nitrogen and oxygen atoms in total. The van der Waals surface area contributed by atoms with E-state index in [0.717, 1.165) is 29.1 Å². The molecule has 3 rings (SSSR count). The fourth-order valence-electron chi connectivity index (χ4n) is 2.82. The Morgan fingerprint density at radius 2 is 1.81 bits per heavy atom. The third kappa shape index (κ3) is 2.24. The number of nitrogens with one attached hydrogen (secondary N) is 1. The summed E-state index contributed by atoms with van der Waals surface area (Å²) in [6.07, 6.45) is 3.41. The van der Waals surface area contributed by atoms with E-state index in [0.29, 0.717) is 0 Å². The first-order valence-electron chi connectivity index (χ1n) is 7.12. The van der Waals surface area contributed by atoms with Crippen molar-refractivity contribution in [1.29, 1.82) is 0 Å². The van der Waals surface area contributed by atoms with Gasteiger partial charge in [0.25, 0.3) is 0 Å². The van der Waals surface area contributed by atoms with Crippen LogP contribution in [0.2, 0.25) is 0 Å². The molecule has 0 aliphatic heterocycles. The van der Waals surface area contributed by atoms with Crippen LogP contribution in [0.3, 0.4) is 0 Å². The van der Waals surface area contributed by atoms with E-state index in [2.05, 4.69) is 53.3 Å². The van der Waals surface area contributed by atoms with Gasteiger partial charge in [-0.25, -0.2) is 14.6 Å². The van der Waals surface area contributed by atoms with Crippen molar-refractivity contribution >= 4 is 16.9 Å². The first-order chi connectivity index (χ1) is 10.1. The molecule has 3 aromatic rings. The van der Waals surface area contributed by atoms with Crippen molar-refractivity contribution in [3.8, 4) is 5.69 Å². The Morgan fingerprint density at radius 3 is 2.48 bits per heavy atom. The van der Waals surface area contributed by atoms with Crippen molar-refractivity contribution in [2.24, 2.45) is 0 Å². The minimum atomic E-state index is 0.819. The van der Waals surface area contributed by atoms with E-state index < -0.39 is 0 Å². The van der Waals surface area contributed by atoms with Crippen LogP contribution >= 0.6 is 0 Å². The largest absolute Gasteiger partial charge is 0.370 e. The van der Waals surface area contributed by atoms with Crippen LogP contribution in [-0.2, 0) is 0 Å². The normalized spacial score (nSPS) is 11.0. The first-order valence-corrected chi connectivity index (χ1v) is 7.12. The summed E-state index contributed by atoms with van der Waals surface area (Å²) in [5.41, 5.74) is 5.57. The molecular weight excluding hydrogens is 262 g/mol. The second-order valence-electron chi connectivity index (χ2n) is 5.29. The second-order valence-corrected chi connectivity index (χ2v) is 5.29. The molecule has 2 heterocycles. The molecule has 1 aromatic carbocycles. The van der Waals surface area contributed by atoms with E-state index >= 15 is 0 Å². The molecule has 0 amide bonds. The lowest BCUT2D eigenvalue weighted by atomic mass is 10.1. The zero-order chi connectivity index (χ0) is 15.0. The van der Waals surface area contributed by atoms with Crippen LogP contribution in [0.25, 0.3) is 16.7 Å². The Bertz CT molecular complexity index is 781. The van der Waals surface area contributed by atoms with Crippen LogP contribution in [0.4, 0.5) is 5.82 Å². The Kier molecular flexibility index (Phi) is 3.33. The molecule has 108 valence electrons. The molecule has 0 aliphatic carbocycles. The summed E-state index contributed by atoms with van der Waals surface area (Å²) in [4.78, 5) is 8.70. The summed E-state index contributed by atoms with van der Waals surface area (Å²) in [7, 11) is 0. The van der Waals surface area contributed by atoms with Gasteiger partial charge in [-0.3, -0.25) is 0 Å². The molecule has 1 N–H and O–H groups in total. The maximum atomic E-state index is 4.53. The van der Waals surface area contributed by atoms with Crippen LogP contribution in [0.15, 0.2) is 24.7 Å². The first kappa shape index (κ1) is 13.5. The number of anilines is 1. The van der Waals surface area contributed by atoms with Crippen LogP contribution in [0.5, 0.6) is 0 Å². The predicted octanol–water partition coefficient (Wildman–Crippen LogP) is 3.17. The van der Waals surface area contributed by atoms with Gasteiger partial charge in [0, 0.05) is 6.54 Å². The smallest absolute Gasteiger partial charge is 0.168 e.